The minimum atomic E-state index is -3.48. The number of nitrogens with two attached hydrogens (primary N) is 1. The number of aromatic nitrogens is 1. The van der Waals surface area contributed by atoms with E-state index in [1.807, 2.05) is 6.92 Å². The van der Waals surface area contributed by atoms with Crippen LogP contribution in [0.3, 0.4) is 0 Å². The molecule has 4 N–H and O–H groups in total. The highest BCUT2D eigenvalue weighted by Gasteiger charge is 2.16. The monoisotopic (exact) mass is 244 g/mol. The average molecular weight is 244 g/mol. The molecule has 0 amide bonds. The molecule has 1 heterocycles. The van der Waals surface area contributed by atoms with E-state index in [-0.39, 0.29) is 10.9 Å². The zero-order valence-corrected chi connectivity index (χ0v) is 10.1. The second-order valence-corrected chi connectivity index (χ2v) is 5.17. The quantitative estimate of drug-likeness (QED) is 0.516. The molecular formula is C9H16N4O2S. The average Bonchev–Trinajstić information content (AvgIpc) is 2.28. The minimum absolute atomic E-state index is 0.0997. The molecule has 1 unspecified atom stereocenters. The Kier molecular flexibility index (Phi) is 4.22. The van der Waals surface area contributed by atoms with Crippen molar-refractivity contribution in [3.63, 3.8) is 0 Å². The molecule has 6 nitrogen and oxygen atoms in total. The van der Waals surface area contributed by atoms with Crippen molar-refractivity contribution in [2.75, 3.05) is 5.43 Å². The van der Waals surface area contributed by atoms with Gasteiger partial charge in [0.25, 0.3) is 0 Å². The van der Waals surface area contributed by atoms with Crippen molar-refractivity contribution < 1.29 is 8.42 Å². The van der Waals surface area contributed by atoms with Gasteiger partial charge in [0, 0.05) is 12.2 Å². The fourth-order valence-electron chi connectivity index (χ4n) is 1.04. The largest absolute Gasteiger partial charge is 0.308 e. The molecule has 0 saturated heterocycles. The predicted octanol–water partition coefficient (Wildman–Crippen LogP) is 0.444. The maximum absolute atomic E-state index is 11.8. The summed E-state index contributed by atoms with van der Waals surface area (Å²) in [5.41, 5.74) is 2.33. The van der Waals surface area contributed by atoms with Crippen molar-refractivity contribution in [1.82, 2.24) is 9.71 Å². The molecule has 0 radical (unpaired) electrons. The van der Waals surface area contributed by atoms with E-state index in [9.17, 15) is 8.42 Å². The number of hydrogen-bond donors (Lipinski definition) is 3. The summed E-state index contributed by atoms with van der Waals surface area (Å²) >= 11 is 0. The molecule has 1 aromatic rings. The van der Waals surface area contributed by atoms with Gasteiger partial charge < -0.3 is 5.43 Å². The Bertz CT molecular complexity index is 429. The van der Waals surface area contributed by atoms with Crippen molar-refractivity contribution >= 4 is 15.8 Å². The Morgan fingerprint density at radius 1 is 1.50 bits per heavy atom. The first-order valence-electron chi connectivity index (χ1n) is 4.94. The van der Waals surface area contributed by atoms with Crippen LogP contribution in [0.15, 0.2) is 23.2 Å². The summed E-state index contributed by atoms with van der Waals surface area (Å²) in [7, 11) is -3.48. The second-order valence-electron chi connectivity index (χ2n) is 3.45. The number of rotatable bonds is 5. The van der Waals surface area contributed by atoms with Crippen LogP contribution in [0.5, 0.6) is 0 Å². The Hall–Kier alpha value is -1.18. The summed E-state index contributed by atoms with van der Waals surface area (Å²) < 4.78 is 26.1. The van der Waals surface area contributed by atoms with Gasteiger partial charge in [-0.2, -0.15) is 0 Å². The zero-order valence-electron chi connectivity index (χ0n) is 9.27. The molecule has 1 aromatic heterocycles. The summed E-state index contributed by atoms with van der Waals surface area (Å²) in [4.78, 5) is 3.97. The van der Waals surface area contributed by atoms with Crippen LogP contribution in [-0.4, -0.2) is 19.4 Å². The topological polar surface area (TPSA) is 97.1 Å². The third-order valence-corrected chi connectivity index (χ3v) is 3.74. The van der Waals surface area contributed by atoms with Crippen LogP contribution in [-0.2, 0) is 10.0 Å². The van der Waals surface area contributed by atoms with E-state index in [0.29, 0.717) is 5.82 Å². The standard InChI is InChI=1S/C9H16N4O2S/c1-3-7(2)13-16(14,15)8-4-5-9(12-10)11-6-8/h4-7,13H,3,10H2,1-2H3,(H,11,12). The fourth-order valence-corrected chi connectivity index (χ4v) is 2.31. The van der Waals surface area contributed by atoms with E-state index in [4.69, 9.17) is 5.84 Å². The van der Waals surface area contributed by atoms with E-state index >= 15 is 0 Å². The first kappa shape index (κ1) is 12.9. The van der Waals surface area contributed by atoms with Gasteiger partial charge in [-0.15, -0.1) is 0 Å². The van der Waals surface area contributed by atoms with E-state index in [1.54, 1.807) is 6.92 Å². The Labute approximate surface area is 95.3 Å². The summed E-state index contributed by atoms with van der Waals surface area (Å²) in [5, 5.41) is 0. The predicted molar refractivity (Wildman–Crippen MR) is 62.1 cm³/mol. The number of pyridine rings is 1. The molecule has 16 heavy (non-hydrogen) atoms. The molecule has 0 saturated carbocycles. The van der Waals surface area contributed by atoms with Gasteiger partial charge in [-0.1, -0.05) is 6.92 Å². The van der Waals surface area contributed by atoms with Crippen molar-refractivity contribution in [3.05, 3.63) is 18.3 Å². The van der Waals surface area contributed by atoms with E-state index in [1.165, 1.54) is 18.3 Å². The van der Waals surface area contributed by atoms with Crippen LogP contribution in [0.4, 0.5) is 5.82 Å². The van der Waals surface area contributed by atoms with E-state index in [2.05, 4.69) is 15.1 Å². The first-order chi connectivity index (χ1) is 7.49. The van der Waals surface area contributed by atoms with Crippen LogP contribution in [0.25, 0.3) is 0 Å². The third kappa shape index (κ3) is 3.16. The summed E-state index contributed by atoms with van der Waals surface area (Å²) in [6.45, 7) is 3.72. The third-order valence-electron chi connectivity index (χ3n) is 2.16. The molecule has 0 aromatic carbocycles. The van der Waals surface area contributed by atoms with Crippen LogP contribution in [0, 0.1) is 0 Å². The van der Waals surface area contributed by atoms with Gasteiger partial charge >= 0.3 is 0 Å². The lowest BCUT2D eigenvalue weighted by molar-refractivity contribution is 0.555. The molecular weight excluding hydrogens is 228 g/mol. The molecule has 0 aliphatic heterocycles. The lowest BCUT2D eigenvalue weighted by atomic mass is 10.3. The number of hydrogen-bond acceptors (Lipinski definition) is 5. The van der Waals surface area contributed by atoms with Gasteiger partial charge in [0.2, 0.25) is 10.0 Å². The molecule has 7 heteroatoms. The number of nitrogen functional groups attached to an aromatic ring is 1. The lowest BCUT2D eigenvalue weighted by Crippen LogP contribution is -2.32. The minimum Gasteiger partial charge on any atom is -0.308 e. The maximum atomic E-state index is 11.8. The first-order valence-corrected chi connectivity index (χ1v) is 6.43. The summed E-state index contributed by atoms with van der Waals surface area (Å²) in [6, 6.07) is 2.86. The van der Waals surface area contributed by atoms with Gasteiger partial charge in [-0.25, -0.2) is 24.0 Å². The van der Waals surface area contributed by atoms with Gasteiger partial charge in [0.15, 0.2) is 0 Å². The van der Waals surface area contributed by atoms with Crippen molar-refractivity contribution in [2.24, 2.45) is 5.84 Å². The summed E-state index contributed by atoms with van der Waals surface area (Å²) in [5.74, 6) is 5.55. The van der Waals surface area contributed by atoms with E-state index < -0.39 is 10.0 Å². The highest BCUT2D eigenvalue weighted by molar-refractivity contribution is 7.89. The SMILES string of the molecule is CCC(C)NS(=O)(=O)c1ccc(NN)nc1. The highest BCUT2D eigenvalue weighted by atomic mass is 32.2. The van der Waals surface area contributed by atoms with Gasteiger partial charge in [0.1, 0.15) is 10.7 Å². The number of nitrogens with one attached hydrogen (secondary N) is 2. The van der Waals surface area contributed by atoms with Crippen molar-refractivity contribution in [3.8, 4) is 0 Å². The smallest absolute Gasteiger partial charge is 0.242 e. The molecule has 1 atom stereocenters. The zero-order chi connectivity index (χ0) is 12.2. The lowest BCUT2D eigenvalue weighted by Gasteiger charge is -2.11. The normalized spacial score (nSPS) is 13.4. The highest BCUT2D eigenvalue weighted by Crippen LogP contribution is 2.10. The number of nitrogens with zero attached hydrogens (tertiary/aromatic N) is 1. The number of anilines is 1. The Balaban J connectivity index is 2.90. The number of sulfonamides is 1. The Morgan fingerprint density at radius 2 is 2.19 bits per heavy atom. The van der Waals surface area contributed by atoms with Crippen LogP contribution in [0.2, 0.25) is 0 Å². The van der Waals surface area contributed by atoms with Gasteiger partial charge in [-0.05, 0) is 25.5 Å². The maximum Gasteiger partial charge on any atom is 0.242 e. The van der Waals surface area contributed by atoms with Crippen molar-refractivity contribution in [1.29, 1.82) is 0 Å². The molecule has 0 aliphatic rings. The fraction of sp³-hybridized carbons (Fsp3) is 0.444. The van der Waals surface area contributed by atoms with Gasteiger partial charge in [0.05, 0.1) is 0 Å². The van der Waals surface area contributed by atoms with Gasteiger partial charge in [-0.3, -0.25) is 0 Å². The molecule has 0 spiro atoms. The van der Waals surface area contributed by atoms with Crippen LogP contribution >= 0.6 is 0 Å². The second kappa shape index (κ2) is 5.24. The van der Waals surface area contributed by atoms with Crippen LogP contribution < -0.4 is 16.0 Å². The summed E-state index contributed by atoms with van der Waals surface area (Å²) in [6.07, 6.45) is 2.00. The van der Waals surface area contributed by atoms with Crippen molar-refractivity contribution in [2.45, 2.75) is 31.2 Å². The van der Waals surface area contributed by atoms with E-state index in [0.717, 1.165) is 6.42 Å². The molecule has 0 bridgehead atoms. The molecule has 1 rings (SSSR count). The molecule has 0 aliphatic carbocycles. The molecule has 90 valence electrons. The molecule has 0 fully saturated rings. The Morgan fingerprint density at radius 3 is 2.62 bits per heavy atom. The van der Waals surface area contributed by atoms with Crippen LogP contribution in [0.1, 0.15) is 20.3 Å². The number of hydrazine groups is 1.